The summed E-state index contributed by atoms with van der Waals surface area (Å²) in [5.74, 6) is -0.429. The molecule has 122 valence electrons. The normalized spacial score (nSPS) is 18.9. The molecule has 1 atom stereocenters. The number of hydrogen-bond donors (Lipinski definition) is 0. The van der Waals surface area contributed by atoms with Gasteiger partial charge < -0.3 is 14.5 Å². The molecule has 0 saturated heterocycles. The van der Waals surface area contributed by atoms with Gasteiger partial charge in [-0.1, -0.05) is 18.2 Å². The number of ether oxygens (including phenoxy) is 1. The van der Waals surface area contributed by atoms with Crippen molar-refractivity contribution in [2.45, 2.75) is 25.7 Å². The molecule has 1 aromatic rings. The van der Waals surface area contributed by atoms with Crippen LogP contribution >= 0.6 is 0 Å². The molecule has 1 aliphatic rings. The predicted molar refractivity (Wildman–Crippen MR) is 76.6 cm³/mol. The third-order valence-electron chi connectivity index (χ3n) is 3.63. The minimum Gasteiger partial charge on any atom is -0.372 e. The number of carbonyl (C=O) groups is 1. The van der Waals surface area contributed by atoms with E-state index in [1.165, 1.54) is 0 Å². The molecule has 0 fully saturated rings. The fraction of sp³-hybridized carbons (Fsp3) is 0.533. The zero-order chi connectivity index (χ0) is 16.3. The topological polar surface area (TPSA) is 32.8 Å². The monoisotopic (exact) mass is 316 g/mol. The van der Waals surface area contributed by atoms with Gasteiger partial charge in [0.1, 0.15) is 13.2 Å². The molecule has 0 radical (unpaired) electrons. The van der Waals surface area contributed by atoms with Crippen molar-refractivity contribution in [2.75, 3.05) is 31.7 Å². The minimum absolute atomic E-state index is 0.112. The molecular formula is C15H19F3N2O2. The smallest absolute Gasteiger partial charge is 0.372 e. The van der Waals surface area contributed by atoms with Crippen LogP contribution in [0.25, 0.3) is 0 Å². The number of nitrogens with zero attached hydrogens (tertiary/aromatic N) is 2. The van der Waals surface area contributed by atoms with Crippen molar-refractivity contribution in [1.29, 1.82) is 0 Å². The van der Waals surface area contributed by atoms with Crippen molar-refractivity contribution < 1.29 is 22.7 Å². The standard InChI is InChI=1S/C15H19F3N2O2/c1-11-7-19(2)13-6-4-3-5-12(13)8-20(11)14(21)9-22-10-15(16,17)18/h3-6,11H,7-10H2,1-2H3/t11-/m1/s1. The lowest BCUT2D eigenvalue weighted by Crippen LogP contribution is -2.43. The number of halogens is 3. The number of anilines is 1. The molecule has 0 aromatic heterocycles. The number of amides is 1. The van der Waals surface area contributed by atoms with E-state index in [4.69, 9.17) is 0 Å². The largest absolute Gasteiger partial charge is 0.411 e. The van der Waals surface area contributed by atoms with Gasteiger partial charge in [0.25, 0.3) is 0 Å². The summed E-state index contributed by atoms with van der Waals surface area (Å²) in [4.78, 5) is 15.8. The maximum absolute atomic E-state index is 12.2. The van der Waals surface area contributed by atoms with E-state index in [1.807, 2.05) is 43.1 Å². The number of likely N-dealkylation sites (N-methyl/N-ethyl adjacent to an activating group) is 1. The van der Waals surface area contributed by atoms with E-state index in [-0.39, 0.29) is 6.04 Å². The summed E-state index contributed by atoms with van der Waals surface area (Å²) in [6.07, 6.45) is -4.42. The van der Waals surface area contributed by atoms with Gasteiger partial charge in [-0.2, -0.15) is 13.2 Å². The Bertz CT molecular complexity index is 534. The Morgan fingerprint density at radius 2 is 2.05 bits per heavy atom. The molecule has 7 heteroatoms. The maximum atomic E-state index is 12.2. The van der Waals surface area contributed by atoms with Crippen molar-refractivity contribution in [1.82, 2.24) is 4.90 Å². The van der Waals surface area contributed by atoms with Crippen molar-refractivity contribution in [3.8, 4) is 0 Å². The first-order chi connectivity index (χ1) is 10.3. The SMILES string of the molecule is C[C@@H]1CN(C)c2ccccc2CN1C(=O)COCC(F)(F)F. The Labute approximate surface area is 127 Å². The van der Waals surface area contributed by atoms with Crippen LogP contribution in [0.1, 0.15) is 12.5 Å². The number of benzene rings is 1. The van der Waals surface area contributed by atoms with E-state index in [0.29, 0.717) is 13.1 Å². The van der Waals surface area contributed by atoms with Crippen LogP contribution in [0.3, 0.4) is 0 Å². The number of alkyl halides is 3. The van der Waals surface area contributed by atoms with E-state index in [2.05, 4.69) is 4.74 Å². The first-order valence-corrected chi connectivity index (χ1v) is 7.01. The third-order valence-corrected chi connectivity index (χ3v) is 3.63. The Balaban J connectivity index is 2.06. The summed E-state index contributed by atoms with van der Waals surface area (Å²) in [6.45, 7) is 0.898. The zero-order valence-corrected chi connectivity index (χ0v) is 12.6. The van der Waals surface area contributed by atoms with Gasteiger partial charge in [0.2, 0.25) is 5.91 Å². The van der Waals surface area contributed by atoms with E-state index >= 15 is 0 Å². The molecular weight excluding hydrogens is 297 g/mol. The Morgan fingerprint density at radius 1 is 1.36 bits per heavy atom. The molecule has 2 rings (SSSR count). The lowest BCUT2D eigenvalue weighted by molar-refractivity contribution is -0.178. The van der Waals surface area contributed by atoms with E-state index < -0.39 is 25.3 Å². The lowest BCUT2D eigenvalue weighted by atomic mass is 10.1. The molecule has 1 amide bonds. The highest BCUT2D eigenvalue weighted by Crippen LogP contribution is 2.26. The lowest BCUT2D eigenvalue weighted by Gasteiger charge is -2.28. The Morgan fingerprint density at radius 3 is 2.73 bits per heavy atom. The van der Waals surface area contributed by atoms with Crippen molar-refractivity contribution in [3.05, 3.63) is 29.8 Å². The van der Waals surface area contributed by atoms with Gasteiger partial charge in [0.05, 0.1) is 0 Å². The number of fused-ring (bicyclic) bond motifs is 1. The average molecular weight is 316 g/mol. The van der Waals surface area contributed by atoms with E-state index in [1.54, 1.807) is 4.90 Å². The quantitative estimate of drug-likeness (QED) is 0.859. The van der Waals surface area contributed by atoms with Crippen LogP contribution in [0.2, 0.25) is 0 Å². The molecule has 0 saturated carbocycles. The molecule has 0 aliphatic carbocycles. The Hall–Kier alpha value is -1.76. The van der Waals surface area contributed by atoms with E-state index in [0.717, 1.165) is 11.3 Å². The molecule has 0 unspecified atom stereocenters. The molecule has 1 aliphatic heterocycles. The Kier molecular flexibility index (Phi) is 4.95. The predicted octanol–water partition coefficient (Wildman–Crippen LogP) is 2.43. The molecule has 4 nitrogen and oxygen atoms in total. The van der Waals surface area contributed by atoms with Crippen LogP contribution in [0.4, 0.5) is 18.9 Å². The summed E-state index contributed by atoms with van der Waals surface area (Å²) < 4.78 is 40.7. The zero-order valence-electron chi connectivity index (χ0n) is 12.6. The fourth-order valence-corrected chi connectivity index (χ4v) is 2.62. The highest BCUT2D eigenvalue weighted by atomic mass is 19.4. The maximum Gasteiger partial charge on any atom is 0.411 e. The summed E-state index contributed by atoms with van der Waals surface area (Å²) >= 11 is 0. The second-order valence-electron chi connectivity index (χ2n) is 5.49. The highest BCUT2D eigenvalue weighted by Gasteiger charge is 2.30. The summed E-state index contributed by atoms with van der Waals surface area (Å²) in [6, 6.07) is 7.58. The summed E-state index contributed by atoms with van der Waals surface area (Å²) in [5, 5.41) is 0. The molecule has 1 heterocycles. The fourth-order valence-electron chi connectivity index (χ4n) is 2.62. The second kappa shape index (κ2) is 6.56. The van der Waals surface area contributed by atoms with Gasteiger partial charge in [-0.15, -0.1) is 0 Å². The minimum atomic E-state index is -4.42. The number of hydrogen-bond acceptors (Lipinski definition) is 3. The average Bonchev–Trinajstić information content (AvgIpc) is 2.55. The summed E-state index contributed by atoms with van der Waals surface area (Å²) in [7, 11) is 1.93. The van der Waals surface area contributed by atoms with Crippen molar-refractivity contribution >= 4 is 11.6 Å². The molecule has 22 heavy (non-hydrogen) atoms. The van der Waals surface area contributed by atoms with Gasteiger partial charge in [-0.3, -0.25) is 4.79 Å². The van der Waals surface area contributed by atoms with Crippen molar-refractivity contribution in [3.63, 3.8) is 0 Å². The van der Waals surface area contributed by atoms with Crippen LogP contribution in [0.15, 0.2) is 24.3 Å². The van der Waals surface area contributed by atoms with E-state index in [9.17, 15) is 18.0 Å². The number of para-hydroxylation sites is 1. The molecule has 0 N–H and O–H groups in total. The van der Waals surface area contributed by atoms with Gasteiger partial charge >= 0.3 is 6.18 Å². The summed E-state index contributed by atoms with van der Waals surface area (Å²) in [5.41, 5.74) is 2.00. The van der Waals surface area contributed by atoms with Crippen LogP contribution in [0, 0.1) is 0 Å². The number of carbonyl (C=O) groups excluding carboxylic acids is 1. The molecule has 0 spiro atoms. The van der Waals surface area contributed by atoms with Crippen molar-refractivity contribution in [2.24, 2.45) is 0 Å². The van der Waals surface area contributed by atoms with Crippen LogP contribution in [-0.2, 0) is 16.1 Å². The first kappa shape index (κ1) is 16.6. The third kappa shape index (κ3) is 4.13. The highest BCUT2D eigenvalue weighted by molar-refractivity contribution is 5.78. The van der Waals surface area contributed by atoms with Gasteiger partial charge in [0, 0.05) is 31.9 Å². The van der Waals surface area contributed by atoms with Gasteiger partial charge in [-0.05, 0) is 18.6 Å². The molecule has 0 bridgehead atoms. The van der Waals surface area contributed by atoms with Gasteiger partial charge in [0.15, 0.2) is 0 Å². The van der Waals surface area contributed by atoms with Crippen LogP contribution in [0.5, 0.6) is 0 Å². The number of rotatable bonds is 3. The molecule has 1 aromatic carbocycles. The van der Waals surface area contributed by atoms with Gasteiger partial charge in [-0.25, -0.2) is 0 Å². The van der Waals surface area contributed by atoms with Crippen LogP contribution in [-0.4, -0.2) is 49.8 Å². The van der Waals surface area contributed by atoms with Crippen LogP contribution < -0.4 is 4.90 Å². The second-order valence-corrected chi connectivity index (χ2v) is 5.49. The first-order valence-electron chi connectivity index (χ1n) is 7.01.